The molecule has 0 aromatic rings. The number of rotatable bonds is 5. The van der Waals surface area contributed by atoms with Crippen LogP contribution < -0.4 is 10.6 Å². The highest BCUT2D eigenvalue weighted by molar-refractivity contribution is 7.80. The van der Waals surface area contributed by atoms with E-state index in [1.807, 2.05) is 0 Å². The van der Waals surface area contributed by atoms with Crippen molar-refractivity contribution >= 4 is 17.3 Å². The number of hydrogen-bond acceptors (Lipinski definition) is 3. The van der Waals surface area contributed by atoms with Gasteiger partial charge in [0, 0.05) is 25.7 Å². The molecule has 4 nitrogen and oxygen atoms in total. The van der Waals surface area contributed by atoms with Crippen molar-refractivity contribution in [3.63, 3.8) is 0 Å². The van der Waals surface area contributed by atoms with Crippen LogP contribution in [0.25, 0.3) is 0 Å². The fourth-order valence-corrected chi connectivity index (χ4v) is 3.39. The van der Waals surface area contributed by atoms with Crippen LogP contribution in [0.4, 0.5) is 0 Å². The molecule has 2 N–H and O–H groups in total. The highest BCUT2D eigenvalue weighted by Gasteiger charge is 2.30. The first-order valence-electron chi connectivity index (χ1n) is 7.90. The van der Waals surface area contributed by atoms with Gasteiger partial charge in [-0.2, -0.15) is 0 Å². The van der Waals surface area contributed by atoms with Gasteiger partial charge in [-0.15, -0.1) is 0 Å². The fraction of sp³-hybridized carbons (Fsp3) is 0.933. The fourth-order valence-electron chi connectivity index (χ4n) is 3.13. The van der Waals surface area contributed by atoms with Crippen molar-refractivity contribution in [2.45, 2.75) is 45.6 Å². The Labute approximate surface area is 128 Å². The molecule has 2 fully saturated rings. The number of nitrogens with one attached hydrogen (secondary N) is 2. The summed E-state index contributed by atoms with van der Waals surface area (Å²) in [5, 5.41) is 7.63. The second-order valence-electron chi connectivity index (χ2n) is 6.81. The predicted octanol–water partition coefficient (Wildman–Crippen LogP) is 1.75. The topological polar surface area (TPSA) is 36.5 Å². The van der Waals surface area contributed by atoms with Gasteiger partial charge < -0.3 is 15.4 Å². The Kier molecular flexibility index (Phi) is 6.05. The first-order valence-corrected chi connectivity index (χ1v) is 8.30. The van der Waals surface area contributed by atoms with Crippen LogP contribution >= 0.6 is 12.2 Å². The van der Waals surface area contributed by atoms with E-state index in [2.05, 4.69) is 29.4 Å². The number of hydrogen-bond donors (Lipinski definition) is 2. The van der Waals surface area contributed by atoms with Gasteiger partial charge in [0.25, 0.3) is 0 Å². The van der Waals surface area contributed by atoms with Gasteiger partial charge >= 0.3 is 0 Å². The van der Waals surface area contributed by atoms with Gasteiger partial charge in [-0.25, -0.2) is 0 Å². The lowest BCUT2D eigenvalue weighted by molar-refractivity contribution is 0.0376. The van der Waals surface area contributed by atoms with Crippen LogP contribution in [-0.4, -0.2) is 55.4 Å². The van der Waals surface area contributed by atoms with Crippen LogP contribution in [0.15, 0.2) is 0 Å². The predicted molar refractivity (Wildman–Crippen MR) is 87.0 cm³/mol. The second-order valence-corrected chi connectivity index (χ2v) is 7.22. The summed E-state index contributed by atoms with van der Waals surface area (Å²) in [5.74, 6) is 0. The lowest BCUT2D eigenvalue weighted by Gasteiger charge is -2.26. The van der Waals surface area contributed by atoms with Gasteiger partial charge in [0.15, 0.2) is 5.11 Å². The van der Waals surface area contributed by atoms with Crippen molar-refractivity contribution in [2.75, 3.05) is 39.4 Å². The van der Waals surface area contributed by atoms with E-state index in [-0.39, 0.29) is 0 Å². The zero-order valence-electron chi connectivity index (χ0n) is 12.9. The maximum absolute atomic E-state index is 5.38. The molecular formula is C15H29N3OS. The molecule has 5 heteroatoms. The van der Waals surface area contributed by atoms with Crippen LogP contribution in [0.5, 0.6) is 0 Å². The molecular weight excluding hydrogens is 270 g/mol. The third kappa shape index (κ3) is 5.54. The van der Waals surface area contributed by atoms with Gasteiger partial charge in [0.1, 0.15) is 0 Å². The molecule has 0 aromatic carbocycles. The van der Waals surface area contributed by atoms with Crippen LogP contribution in [-0.2, 0) is 4.74 Å². The van der Waals surface area contributed by atoms with Crippen molar-refractivity contribution < 1.29 is 4.74 Å². The lowest BCUT2D eigenvalue weighted by atomic mass is 9.92. The molecule has 1 heterocycles. The first kappa shape index (κ1) is 16.0. The molecule has 0 aromatic heterocycles. The molecule has 116 valence electrons. The molecule has 1 saturated carbocycles. The Bertz CT molecular complexity index is 316. The molecule has 1 aliphatic carbocycles. The SMILES string of the molecule is CC1(C)CCC(NC(=S)NCCCN2CCOCC2)C1. The maximum Gasteiger partial charge on any atom is 0.166 e. The number of morpholine rings is 1. The molecule has 20 heavy (non-hydrogen) atoms. The van der Waals surface area contributed by atoms with Crippen molar-refractivity contribution in [1.29, 1.82) is 0 Å². The smallest absolute Gasteiger partial charge is 0.166 e. The molecule has 1 unspecified atom stereocenters. The molecule has 2 rings (SSSR count). The number of ether oxygens (including phenoxy) is 1. The monoisotopic (exact) mass is 299 g/mol. The maximum atomic E-state index is 5.38. The van der Waals surface area contributed by atoms with Crippen molar-refractivity contribution in [1.82, 2.24) is 15.5 Å². The van der Waals surface area contributed by atoms with Crippen LogP contribution in [0.1, 0.15) is 39.5 Å². The largest absolute Gasteiger partial charge is 0.379 e. The summed E-state index contributed by atoms with van der Waals surface area (Å²) in [5.41, 5.74) is 0.476. The minimum atomic E-state index is 0.476. The third-order valence-corrected chi connectivity index (χ3v) is 4.61. The summed E-state index contributed by atoms with van der Waals surface area (Å²) in [7, 11) is 0. The molecule has 1 saturated heterocycles. The van der Waals surface area contributed by atoms with Gasteiger partial charge in [0.05, 0.1) is 13.2 Å². The first-order chi connectivity index (χ1) is 9.55. The van der Waals surface area contributed by atoms with E-state index >= 15 is 0 Å². The summed E-state index contributed by atoms with van der Waals surface area (Å²) in [6.07, 6.45) is 4.90. The van der Waals surface area contributed by atoms with Crippen LogP contribution in [0.2, 0.25) is 0 Å². The summed E-state index contributed by atoms with van der Waals surface area (Å²) >= 11 is 5.38. The lowest BCUT2D eigenvalue weighted by Crippen LogP contribution is -2.42. The Morgan fingerprint density at radius 3 is 2.75 bits per heavy atom. The zero-order chi connectivity index (χ0) is 14.4. The molecule has 0 amide bonds. The van der Waals surface area contributed by atoms with Crippen molar-refractivity contribution in [2.24, 2.45) is 5.41 Å². The molecule has 1 atom stereocenters. The van der Waals surface area contributed by atoms with Gasteiger partial charge in [-0.3, -0.25) is 4.90 Å². The van der Waals surface area contributed by atoms with Crippen LogP contribution in [0.3, 0.4) is 0 Å². The van der Waals surface area contributed by atoms with Crippen molar-refractivity contribution in [3.8, 4) is 0 Å². The number of nitrogens with zero attached hydrogens (tertiary/aromatic N) is 1. The summed E-state index contributed by atoms with van der Waals surface area (Å²) in [6.45, 7) is 10.7. The third-order valence-electron chi connectivity index (χ3n) is 4.34. The second kappa shape index (κ2) is 7.57. The Morgan fingerprint density at radius 2 is 2.10 bits per heavy atom. The Hall–Kier alpha value is -0.390. The average Bonchev–Trinajstić information content (AvgIpc) is 2.75. The van der Waals surface area contributed by atoms with E-state index in [1.54, 1.807) is 0 Å². The summed E-state index contributed by atoms with van der Waals surface area (Å²) in [4.78, 5) is 2.46. The number of thiocarbonyl (C=S) groups is 1. The normalized spacial score (nSPS) is 26.4. The van der Waals surface area contributed by atoms with E-state index < -0.39 is 0 Å². The highest BCUT2D eigenvalue weighted by Crippen LogP contribution is 2.36. The zero-order valence-corrected chi connectivity index (χ0v) is 13.7. The Morgan fingerprint density at radius 1 is 1.35 bits per heavy atom. The van der Waals surface area contributed by atoms with Crippen LogP contribution in [0, 0.1) is 5.41 Å². The van der Waals surface area contributed by atoms with E-state index in [9.17, 15) is 0 Å². The summed E-state index contributed by atoms with van der Waals surface area (Å²) in [6, 6.07) is 0.559. The molecule has 2 aliphatic rings. The van der Waals surface area contributed by atoms with E-state index in [0.29, 0.717) is 11.5 Å². The average molecular weight is 299 g/mol. The minimum Gasteiger partial charge on any atom is -0.379 e. The molecule has 0 bridgehead atoms. The van der Waals surface area contributed by atoms with Crippen molar-refractivity contribution in [3.05, 3.63) is 0 Å². The van der Waals surface area contributed by atoms with Gasteiger partial charge in [-0.05, 0) is 49.9 Å². The standard InChI is InChI=1S/C15H29N3OS/c1-15(2)5-4-13(12-15)17-14(20)16-6-3-7-18-8-10-19-11-9-18/h13H,3-12H2,1-2H3,(H2,16,17,20). The van der Waals surface area contributed by atoms with E-state index in [4.69, 9.17) is 17.0 Å². The van der Waals surface area contributed by atoms with E-state index in [1.165, 1.54) is 19.3 Å². The summed E-state index contributed by atoms with van der Waals surface area (Å²) < 4.78 is 5.35. The molecule has 0 radical (unpaired) electrons. The minimum absolute atomic E-state index is 0.476. The Balaban J connectivity index is 1.52. The van der Waals surface area contributed by atoms with Gasteiger partial charge in [0.2, 0.25) is 0 Å². The quantitative estimate of drug-likeness (QED) is 0.597. The van der Waals surface area contributed by atoms with E-state index in [0.717, 1.165) is 50.9 Å². The molecule has 0 spiro atoms. The highest BCUT2D eigenvalue weighted by atomic mass is 32.1. The van der Waals surface area contributed by atoms with Gasteiger partial charge in [-0.1, -0.05) is 13.8 Å². The molecule has 1 aliphatic heterocycles.